The van der Waals surface area contributed by atoms with Crippen molar-refractivity contribution in [1.82, 2.24) is 10.6 Å². The van der Waals surface area contributed by atoms with E-state index in [0.717, 1.165) is 11.1 Å². The molecule has 0 spiro atoms. The molecular weight excluding hydrogens is 436 g/mol. The van der Waals surface area contributed by atoms with Crippen LogP contribution in [-0.4, -0.2) is 35.1 Å². The molecule has 3 atom stereocenters. The minimum atomic E-state index is -0.593. The van der Waals surface area contributed by atoms with Gasteiger partial charge in [0, 0.05) is 17.7 Å². The van der Waals surface area contributed by atoms with Gasteiger partial charge in [0.2, 0.25) is 0 Å². The molecule has 1 aliphatic carbocycles. The lowest BCUT2D eigenvalue weighted by molar-refractivity contribution is 0.0469. The van der Waals surface area contributed by atoms with Gasteiger partial charge in [-0.3, -0.25) is 0 Å². The normalized spacial score (nSPS) is 22.8. The van der Waals surface area contributed by atoms with E-state index in [4.69, 9.17) is 9.47 Å². The summed E-state index contributed by atoms with van der Waals surface area (Å²) in [5.74, 6) is 0.403. The monoisotopic (exact) mass is 470 g/mol. The first-order chi connectivity index (χ1) is 15.7. The Labute approximate surface area is 201 Å². The molecule has 0 unspecified atom stereocenters. The molecule has 0 saturated heterocycles. The average Bonchev–Trinajstić information content (AvgIpc) is 2.79. The molecule has 1 fully saturated rings. The highest BCUT2D eigenvalue weighted by molar-refractivity contribution is 7.80. The standard InChI is InChI=1S/C26H34N2O4S/c1-25(2,3)32-23(29)27-21-14-15-26(18-33,22(16-21)20-12-8-5-9-13-20)28-24(30)31-17-19-10-6-4-7-11-19/h4-13,21-22,33H,14-18H2,1-3H3,(H,27,29)(H,28,30)/t21-,22-,26-/m1/s1. The van der Waals surface area contributed by atoms with E-state index in [-0.39, 0.29) is 18.6 Å². The summed E-state index contributed by atoms with van der Waals surface area (Å²) in [6.45, 7) is 5.74. The molecule has 3 rings (SSSR count). The maximum absolute atomic E-state index is 12.8. The zero-order valence-electron chi connectivity index (χ0n) is 19.5. The fourth-order valence-electron chi connectivity index (χ4n) is 4.32. The summed E-state index contributed by atoms with van der Waals surface area (Å²) in [5, 5.41) is 6.14. The van der Waals surface area contributed by atoms with Gasteiger partial charge < -0.3 is 20.1 Å². The first-order valence-corrected chi connectivity index (χ1v) is 12.0. The van der Waals surface area contributed by atoms with E-state index in [1.807, 2.05) is 69.3 Å². The molecule has 2 aromatic carbocycles. The number of carbonyl (C=O) groups is 2. The second-order valence-corrected chi connectivity index (χ2v) is 9.90. The van der Waals surface area contributed by atoms with Crippen molar-refractivity contribution in [2.45, 2.75) is 69.7 Å². The summed E-state index contributed by atoms with van der Waals surface area (Å²) in [5.41, 5.74) is 0.865. The average molecular weight is 471 g/mol. The zero-order chi connectivity index (χ0) is 23.9. The lowest BCUT2D eigenvalue weighted by Gasteiger charge is -2.46. The number of thiol groups is 1. The van der Waals surface area contributed by atoms with Crippen LogP contribution in [0.1, 0.15) is 57.1 Å². The van der Waals surface area contributed by atoms with Gasteiger partial charge >= 0.3 is 12.2 Å². The summed E-state index contributed by atoms with van der Waals surface area (Å²) < 4.78 is 11.0. The van der Waals surface area contributed by atoms with Gasteiger partial charge in [-0.25, -0.2) is 9.59 Å². The van der Waals surface area contributed by atoms with Crippen LogP contribution < -0.4 is 10.6 Å². The van der Waals surface area contributed by atoms with E-state index >= 15 is 0 Å². The van der Waals surface area contributed by atoms with Crippen LogP contribution in [0.3, 0.4) is 0 Å². The predicted octanol–water partition coefficient (Wildman–Crippen LogP) is 5.44. The van der Waals surface area contributed by atoms with Gasteiger partial charge in [0.25, 0.3) is 0 Å². The van der Waals surface area contributed by atoms with Crippen molar-refractivity contribution < 1.29 is 19.1 Å². The largest absolute Gasteiger partial charge is 0.445 e. The third-order valence-corrected chi connectivity index (χ3v) is 6.46. The molecule has 0 radical (unpaired) electrons. The second kappa shape index (κ2) is 11.0. The number of hydrogen-bond acceptors (Lipinski definition) is 5. The highest BCUT2D eigenvalue weighted by atomic mass is 32.1. The van der Waals surface area contributed by atoms with Gasteiger partial charge in [0.1, 0.15) is 12.2 Å². The number of nitrogens with one attached hydrogen (secondary N) is 2. The van der Waals surface area contributed by atoms with Crippen LogP contribution in [-0.2, 0) is 16.1 Å². The molecule has 2 aromatic rings. The number of hydrogen-bond donors (Lipinski definition) is 3. The molecule has 1 saturated carbocycles. The van der Waals surface area contributed by atoms with Crippen LogP contribution in [0, 0.1) is 0 Å². The molecule has 0 aliphatic heterocycles. The molecule has 7 heteroatoms. The van der Waals surface area contributed by atoms with E-state index in [0.29, 0.717) is 25.0 Å². The van der Waals surface area contributed by atoms with Crippen molar-refractivity contribution in [1.29, 1.82) is 0 Å². The van der Waals surface area contributed by atoms with Crippen molar-refractivity contribution >= 4 is 24.8 Å². The quantitative estimate of drug-likeness (QED) is 0.491. The van der Waals surface area contributed by atoms with Crippen LogP contribution in [0.15, 0.2) is 60.7 Å². The van der Waals surface area contributed by atoms with Crippen LogP contribution in [0.4, 0.5) is 9.59 Å². The highest BCUT2D eigenvalue weighted by Crippen LogP contribution is 2.42. The lowest BCUT2D eigenvalue weighted by Crippen LogP contribution is -2.59. The van der Waals surface area contributed by atoms with Crippen LogP contribution >= 0.6 is 12.6 Å². The lowest BCUT2D eigenvalue weighted by atomic mass is 9.69. The topological polar surface area (TPSA) is 76.7 Å². The fourth-order valence-corrected chi connectivity index (χ4v) is 4.78. The molecule has 2 N–H and O–H groups in total. The smallest absolute Gasteiger partial charge is 0.407 e. The van der Waals surface area contributed by atoms with E-state index in [1.54, 1.807) is 0 Å². The Morgan fingerprint density at radius 3 is 2.27 bits per heavy atom. The molecule has 33 heavy (non-hydrogen) atoms. The van der Waals surface area contributed by atoms with Gasteiger partial charge in [-0.2, -0.15) is 12.6 Å². The van der Waals surface area contributed by atoms with Crippen LogP contribution in [0.2, 0.25) is 0 Å². The Morgan fingerprint density at radius 2 is 1.67 bits per heavy atom. The fraction of sp³-hybridized carbons (Fsp3) is 0.462. The number of carbonyl (C=O) groups excluding carboxylic acids is 2. The third kappa shape index (κ3) is 7.16. The van der Waals surface area contributed by atoms with Crippen molar-refractivity contribution in [2.24, 2.45) is 0 Å². The van der Waals surface area contributed by atoms with E-state index in [2.05, 4.69) is 35.4 Å². The predicted molar refractivity (Wildman–Crippen MR) is 133 cm³/mol. The molecule has 2 amide bonds. The van der Waals surface area contributed by atoms with Crippen molar-refractivity contribution in [3.8, 4) is 0 Å². The van der Waals surface area contributed by atoms with Gasteiger partial charge in [-0.05, 0) is 51.2 Å². The van der Waals surface area contributed by atoms with Crippen molar-refractivity contribution in [3.05, 3.63) is 71.8 Å². The molecule has 178 valence electrons. The number of ether oxygens (including phenoxy) is 2. The summed E-state index contributed by atoms with van der Waals surface area (Å²) >= 11 is 4.64. The van der Waals surface area contributed by atoms with Crippen molar-refractivity contribution in [2.75, 3.05) is 5.75 Å². The van der Waals surface area contributed by atoms with Crippen molar-refractivity contribution in [3.63, 3.8) is 0 Å². The Morgan fingerprint density at radius 1 is 1.03 bits per heavy atom. The summed E-state index contributed by atoms with van der Waals surface area (Å²) in [7, 11) is 0. The maximum atomic E-state index is 12.8. The van der Waals surface area contributed by atoms with Gasteiger partial charge in [0.15, 0.2) is 0 Å². The third-order valence-electron chi connectivity index (χ3n) is 5.89. The molecule has 0 heterocycles. The Hall–Kier alpha value is -2.67. The molecule has 1 aliphatic rings. The van der Waals surface area contributed by atoms with Crippen LogP contribution in [0.25, 0.3) is 0 Å². The summed E-state index contributed by atoms with van der Waals surface area (Å²) in [6, 6.07) is 19.6. The van der Waals surface area contributed by atoms with Crippen LogP contribution in [0.5, 0.6) is 0 Å². The van der Waals surface area contributed by atoms with Gasteiger partial charge in [0.05, 0.1) is 5.54 Å². The molecule has 0 aromatic heterocycles. The Balaban J connectivity index is 1.73. The summed E-state index contributed by atoms with van der Waals surface area (Å²) in [6.07, 6.45) is 1.11. The molecule has 6 nitrogen and oxygen atoms in total. The zero-order valence-corrected chi connectivity index (χ0v) is 20.4. The minimum Gasteiger partial charge on any atom is -0.445 e. The number of alkyl carbamates (subject to hydrolysis) is 2. The molecule has 0 bridgehead atoms. The Kier molecular flexibility index (Phi) is 8.30. The van der Waals surface area contributed by atoms with Gasteiger partial charge in [-0.1, -0.05) is 60.7 Å². The minimum absolute atomic E-state index is 0.0471. The SMILES string of the molecule is CC(C)(C)OC(=O)N[C@@H]1CC[C@](CS)(NC(=O)OCc2ccccc2)[C@@H](c2ccccc2)C1. The van der Waals surface area contributed by atoms with Gasteiger partial charge in [-0.15, -0.1) is 0 Å². The highest BCUT2D eigenvalue weighted by Gasteiger charge is 2.45. The number of amides is 2. The first kappa shape index (κ1) is 25.0. The number of rotatable bonds is 6. The molecular formula is C26H34N2O4S. The Bertz CT molecular complexity index is 917. The second-order valence-electron chi connectivity index (χ2n) is 9.58. The maximum Gasteiger partial charge on any atom is 0.407 e. The van der Waals surface area contributed by atoms with E-state index in [1.165, 1.54) is 0 Å². The first-order valence-electron chi connectivity index (χ1n) is 11.3. The summed E-state index contributed by atoms with van der Waals surface area (Å²) in [4.78, 5) is 25.1. The van der Waals surface area contributed by atoms with E-state index in [9.17, 15) is 9.59 Å². The van der Waals surface area contributed by atoms with E-state index < -0.39 is 23.3 Å². The number of benzene rings is 2.